The largest absolute Gasteiger partial charge is 0.494 e. The molecule has 0 heterocycles. The Morgan fingerprint density at radius 3 is 2.20 bits per heavy atom. The fraction of sp³-hybridized carbons (Fsp3) is 0.409. The molecule has 134 valence electrons. The SMILES string of the molecule is CCCc1ccc(OC(=O)CCCOc2ccc(C(C)C)cc2)cc1. The molecular weight excluding hydrogens is 312 g/mol. The van der Waals surface area contributed by atoms with Gasteiger partial charge in [-0.2, -0.15) is 0 Å². The highest BCUT2D eigenvalue weighted by Gasteiger charge is 2.06. The van der Waals surface area contributed by atoms with E-state index in [0.29, 0.717) is 31.1 Å². The standard InChI is InChI=1S/C22H28O3/c1-4-6-18-8-12-21(13-9-18)25-22(23)7-5-16-24-20-14-10-19(11-15-20)17(2)3/h8-15,17H,4-7,16H2,1-3H3. The van der Waals surface area contributed by atoms with Gasteiger partial charge in [-0.25, -0.2) is 0 Å². The summed E-state index contributed by atoms with van der Waals surface area (Å²) in [5, 5.41) is 0. The van der Waals surface area contributed by atoms with Crippen molar-refractivity contribution >= 4 is 5.97 Å². The second-order valence-electron chi connectivity index (χ2n) is 6.54. The van der Waals surface area contributed by atoms with Crippen LogP contribution in [0, 0.1) is 0 Å². The average Bonchev–Trinajstić information content (AvgIpc) is 2.61. The first kappa shape index (κ1) is 19.0. The van der Waals surface area contributed by atoms with Crippen LogP contribution in [0.2, 0.25) is 0 Å². The third-order valence-corrected chi connectivity index (χ3v) is 4.03. The molecule has 2 rings (SSSR count). The van der Waals surface area contributed by atoms with E-state index >= 15 is 0 Å². The Bertz CT molecular complexity index is 642. The molecule has 0 fully saturated rings. The van der Waals surface area contributed by atoms with Gasteiger partial charge in [0.2, 0.25) is 0 Å². The molecular formula is C22H28O3. The number of aryl methyl sites for hydroxylation is 1. The summed E-state index contributed by atoms with van der Waals surface area (Å²) in [5.41, 5.74) is 2.56. The summed E-state index contributed by atoms with van der Waals surface area (Å²) in [7, 11) is 0. The minimum atomic E-state index is -0.220. The number of ether oxygens (including phenoxy) is 2. The van der Waals surface area contributed by atoms with Crippen LogP contribution in [0.1, 0.15) is 57.1 Å². The van der Waals surface area contributed by atoms with Crippen molar-refractivity contribution in [3.8, 4) is 11.5 Å². The average molecular weight is 340 g/mol. The lowest BCUT2D eigenvalue weighted by Gasteiger charge is -2.09. The molecule has 3 nitrogen and oxygen atoms in total. The van der Waals surface area contributed by atoms with Gasteiger partial charge >= 0.3 is 5.97 Å². The van der Waals surface area contributed by atoms with Crippen molar-refractivity contribution in [2.45, 2.75) is 52.4 Å². The number of hydrogen-bond acceptors (Lipinski definition) is 3. The maximum absolute atomic E-state index is 11.9. The van der Waals surface area contributed by atoms with Crippen molar-refractivity contribution < 1.29 is 14.3 Å². The monoisotopic (exact) mass is 340 g/mol. The molecule has 2 aromatic carbocycles. The highest BCUT2D eigenvalue weighted by atomic mass is 16.5. The van der Waals surface area contributed by atoms with Crippen LogP contribution in [-0.2, 0) is 11.2 Å². The van der Waals surface area contributed by atoms with Crippen LogP contribution in [0.15, 0.2) is 48.5 Å². The van der Waals surface area contributed by atoms with Crippen LogP contribution in [0.4, 0.5) is 0 Å². The molecule has 0 saturated heterocycles. The van der Waals surface area contributed by atoms with Gasteiger partial charge in [0.05, 0.1) is 6.61 Å². The van der Waals surface area contributed by atoms with Gasteiger partial charge in [0.25, 0.3) is 0 Å². The van der Waals surface area contributed by atoms with Crippen LogP contribution in [0.3, 0.4) is 0 Å². The van der Waals surface area contributed by atoms with Gasteiger partial charge in [-0.05, 0) is 54.2 Å². The minimum Gasteiger partial charge on any atom is -0.494 e. The van der Waals surface area contributed by atoms with Crippen molar-refractivity contribution in [3.05, 3.63) is 59.7 Å². The Kier molecular flexibility index (Phi) is 7.52. The second-order valence-corrected chi connectivity index (χ2v) is 6.54. The molecule has 0 aromatic heterocycles. The van der Waals surface area contributed by atoms with E-state index in [0.717, 1.165) is 18.6 Å². The first-order valence-corrected chi connectivity index (χ1v) is 9.11. The smallest absolute Gasteiger partial charge is 0.311 e. The molecule has 0 radical (unpaired) electrons. The lowest BCUT2D eigenvalue weighted by Crippen LogP contribution is -2.10. The highest BCUT2D eigenvalue weighted by Crippen LogP contribution is 2.19. The zero-order chi connectivity index (χ0) is 18.1. The lowest BCUT2D eigenvalue weighted by atomic mass is 10.0. The van der Waals surface area contributed by atoms with E-state index in [-0.39, 0.29) is 5.97 Å². The Balaban J connectivity index is 1.68. The number of esters is 1. The third kappa shape index (κ3) is 6.61. The third-order valence-electron chi connectivity index (χ3n) is 4.03. The summed E-state index contributed by atoms with van der Waals surface area (Å²) in [4.78, 5) is 11.9. The maximum Gasteiger partial charge on any atom is 0.311 e. The van der Waals surface area contributed by atoms with Gasteiger partial charge in [0.15, 0.2) is 0 Å². The molecule has 25 heavy (non-hydrogen) atoms. The zero-order valence-electron chi connectivity index (χ0n) is 15.5. The van der Waals surface area contributed by atoms with Crippen LogP contribution < -0.4 is 9.47 Å². The van der Waals surface area contributed by atoms with Crippen LogP contribution in [-0.4, -0.2) is 12.6 Å². The Labute approximate surface area is 151 Å². The number of rotatable bonds is 9. The Morgan fingerprint density at radius 1 is 0.960 bits per heavy atom. The minimum absolute atomic E-state index is 0.220. The van der Waals surface area contributed by atoms with Gasteiger partial charge in [-0.3, -0.25) is 4.79 Å². The summed E-state index contributed by atoms with van der Waals surface area (Å²) in [6.07, 6.45) is 3.14. The predicted octanol–water partition coefficient (Wildman–Crippen LogP) is 5.53. The zero-order valence-corrected chi connectivity index (χ0v) is 15.5. The van der Waals surface area contributed by atoms with E-state index in [1.807, 2.05) is 36.4 Å². The molecule has 3 heteroatoms. The van der Waals surface area contributed by atoms with Crippen molar-refractivity contribution in [1.82, 2.24) is 0 Å². The highest BCUT2D eigenvalue weighted by molar-refractivity contribution is 5.72. The molecule has 0 unspecified atom stereocenters. The Morgan fingerprint density at radius 2 is 1.60 bits per heavy atom. The molecule has 0 spiro atoms. The summed E-state index contributed by atoms with van der Waals surface area (Å²) in [5.74, 6) is 1.74. The van der Waals surface area contributed by atoms with Crippen molar-refractivity contribution in [3.63, 3.8) is 0 Å². The number of carbonyl (C=O) groups excluding carboxylic acids is 1. The van der Waals surface area contributed by atoms with Crippen molar-refractivity contribution in [2.75, 3.05) is 6.61 Å². The van der Waals surface area contributed by atoms with Gasteiger partial charge in [-0.1, -0.05) is 51.5 Å². The first-order valence-electron chi connectivity index (χ1n) is 9.11. The molecule has 0 aliphatic carbocycles. The summed E-state index contributed by atoms with van der Waals surface area (Å²) in [6, 6.07) is 15.8. The molecule has 0 aliphatic rings. The lowest BCUT2D eigenvalue weighted by molar-refractivity contribution is -0.134. The summed E-state index contributed by atoms with van der Waals surface area (Å²) in [6.45, 7) is 6.98. The van der Waals surface area contributed by atoms with Crippen LogP contribution in [0.5, 0.6) is 11.5 Å². The molecule has 0 atom stereocenters. The van der Waals surface area contributed by atoms with Gasteiger partial charge in [0, 0.05) is 6.42 Å². The van der Waals surface area contributed by atoms with Gasteiger partial charge < -0.3 is 9.47 Å². The summed E-state index contributed by atoms with van der Waals surface area (Å²) >= 11 is 0. The summed E-state index contributed by atoms with van der Waals surface area (Å²) < 4.78 is 11.0. The van der Waals surface area contributed by atoms with Crippen LogP contribution >= 0.6 is 0 Å². The van der Waals surface area contributed by atoms with Crippen LogP contribution in [0.25, 0.3) is 0 Å². The molecule has 0 bridgehead atoms. The van der Waals surface area contributed by atoms with Crippen molar-refractivity contribution in [1.29, 1.82) is 0 Å². The fourth-order valence-electron chi connectivity index (χ4n) is 2.55. The molecule has 0 aliphatic heterocycles. The topological polar surface area (TPSA) is 35.5 Å². The van der Waals surface area contributed by atoms with E-state index in [9.17, 15) is 4.79 Å². The van der Waals surface area contributed by atoms with E-state index in [1.54, 1.807) is 0 Å². The molecule has 2 aromatic rings. The molecule has 0 N–H and O–H groups in total. The second kappa shape index (κ2) is 9.87. The quantitative estimate of drug-likeness (QED) is 0.342. The Hall–Kier alpha value is -2.29. The van der Waals surface area contributed by atoms with Gasteiger partial charge in [-0.15, -0.1) is 0 Å². The van der Waals surface area contributed by atoms with Gasteiger partial charge in [0.1, 0.15) is 11.5 Å². The fourth-order valence-corrected chi connectivity index (χ4v) is 2.55. The van der Waals surface area contributed by atoms with E-state index < -0.39 is 0 Å². The normalized spacial score (nSPS) is 10.7. The van der Waals surface area contributed by atoms with E-state index in [1.165, 1.54) is 11.1 Å². The predicted molar refractivity (Wildman–Crippen MR) is 101 cm³/mol. The van der Waals surface area contributed by atoms with E-state index in [4.69, 9.17) is 9.47 Å². The number of carbonyl (C=O) groups is 1. The number of hydrogen-bond donors (Lipinski definition) is 0. The van der Waals surface area contributed by atoms with Crippen molar-refractivity contribution in [2.24, 2.45) is 0 Å². The first-order chi connectivity index (χ1) is 12.1. The number of benzene rings is 2. The molecule has 0 amide bonds. The molecule has 0 saturated carbocycles. The maximum atomic E-state index is 11.9. The van der Waals surface area contributed by atoms with E-state index in [2.05, 4.69) is 32.9 Å².